The zero-order valence-corrected chi connectivity index (χ0v) is 22.1. The molecule has 1 amide bonds. The lowest BCUT2D eigenvalue weighted by molar-refractivity contribution is -0.130. The van der Waals surface area contributed by atoms with E-state index in [1.54, 1.807) is 18.1 Å². The number of amides is 1. The summed E-state index contributed by atoms with van der Waals surface area (Å²) in [7, 11) is 1.80. The van der Waals surface area contributed by atoms with E-state index in [0.29, 0.717) is 36.3 Å². The predicted molar refractivity (Wildman–Crippen MR) is 146 cm³/mol. The van der Waals surface area contributed by atoms with Crippen molar-refractivity contribution < 1.29 is 14.3 Å². The number of carbonyl (C=O) groups excluding carboxylic acids is 1. The van der Waals surface area contributed by atoms with Crippen LogP contribution in [0.4, 0.5) is 17.5 Å². The third-order valence-electron chi connectivity index (χ3n) is 6.00. The van der Waals surface area contributed by atoms with Crippen molar-refractivity contribution in [2.75, 3.05) is 24.7 Å². The largest absolute Gasteiger partial charge is 0.420 e. The first-order valence-corrected chi connectivity index (χ1v) is 12.4. The molecule has 1 aliphatic rings. The molecular formula is C28H33N7O3. The molecular weight excluding hydrogens is 482 g/mol. The Labute approximate surface area is 221 Å². The fraction of sp³-hybridized carbons (Fsp3) is 0.321. The van der Waals surface area contributed by atoms with Gasteiger partial charge in [-0.25, -0.2) is 4.98 Å². The van der Waals surface area contributed by atoms with Crippen LogP contribution in [-0.2, 0) is 29.6 Å². The second kappa shape index (κ2) is 11.4. The molecule has 0 atom stereocenters. The SMILES string of the molecule is CN1Cc2cc(Nc3ncc(-c4nnc(C(C)(C)C)o4)c(N)n3)ccc2CC1=O.OCCc1ccccc1. The first-order valence-electron chi connectivity index (χ1n) is 12.4. The Balaban J connectivity index is 0.000000317. The molecule has 0 bridgehead atoms. The van der Waals surface area contributed by atoms with Gasteiger partial charge in [0.15, 0.2) is 0 Å². The number of nitrogens with one attached hydrogen (secondary N) is 1. The highest BCUT2D eigenvalue weighted by Gasteiger charge is 2.23. The van der Waals surface area contributed by atoms with E-state index in [1.807, 2.05) is 69.3 Å². The summed E-state index contributed by atoms with van der Waals surface area (Å²) in [5.41, 5.74) is 10.5. The molecule has 38 heavy (non-hydrogen) atoms. The first-order chi connectivity index (χ1) is 18.1. The van der Waals surface area contributed by atoms with Gasteiger partial charge in [0.1, 0.15) is 5.82 Å². The van der Waals surface area contributed by atoms with Crippen molar-refractivity contribution in [3.8, 4) is 11.5 Å². The Hall–Kier alpha value is -4.31. The summed E-state index contributed by atoms with van der Waals surface area (Å²) in [4.78, 5) is 22.2. The minimum Gasteiger partial charge on any atom is -0.420 e. The average molecular weight is 516 g/mol. The van der Waals surface area contributed by atoms with Gasteiger partial charge in [-0.05, 0) is 35.2 Å². The number of aliphatic hydroxyl groups excluding tert-OH is 1. The number of nitrogens with zero attached hydrogens (tertiary/aromatic N) is 5. The highest BCUT2D eigenvalue weighted by Crippen LogP contribution is 2.29. The smallest absolute Gasteiger partial charge is 0.253 e. The van der Waals surface area contributed by atoms with Crippen molar-refractivity contribution in [1.29, 1.82) is 0 Å². The predicted octanol–water partition coefficient (Wildman–Crippen LogP) is 3.89. The van der Waals surface area contributed by atoms with Crippen molar-refractivity contribution in [1.82, 2.24) is 25.1 Å². The fourth-order valence-corrected chi connectivity index (χ4v) is 3.82. The Bertz CT molecular complexity index is 1400. The van der Waals surface area contributed by atoms with Gasteiger partial charge in [-0.1, -0.05) is 57.2 Å². The molecule has 0 spiro atoms. The van der Waals surface area contributed by atoms with Crippen LogP contribution in [-0.4, -0.2) is 49.7 Å². The number of carbonyl (C=O) groups is 1. The minimum atomic E-state index is -0.256. The maximum atomic E-state index is 11.8. The molecule has 10 nitrogen and oxygen atoms in total. The summed E-state index contributed by atoms with van der Waals surface area (Å²) in [5, 5.41) is 19.8. The average Bonchev–Trinajstić information content (AvgIpc) is 3.37. The quantitative estimate of drug-likeness (QED) is 0.361. The molecule has 10 heteroatoms. The maximum Gasteiger partial charge on any atom is 0.253 e. The van der Waals surface area contributed by atoms with E-state index in [9.17, 15) is 4.79 Å². The van der Waals surface area contributed by atoms with E-state index in [0.717, 1.165) is 23.2 Å². The summed E-state index contributed by atoms with van der Waals surface area (Å²) >= 11 is 0. The molecule has 3 heterocycles. The standard InChI is InChI=1S/C20H23N7O2.C8H10O/c1-20(2,3)18-26-25-17(29-18)14-9-22-19(24-16(14)21)23-13-6-5-11-8-15(28)27(4)10-12(11)7-13;9-7-6-8-4-2-1-3-5-8/h5-7,9H,8,10H2,1-4H3,(H3,21,22,23,24);1-5,9H,6-7H2. The Kier molecular flexibility index (Phi) is 8.02. The Morgan fingerprint density at radius 2 is 1.87 bits per heavy atom. The molecule has 2 aromatic heterocycles. The summed E-state index contributed by atoms with van der Waals surface area (Å²) in [6.07, 6.45) is 2.75. The van der Waals surface area contributed by atoms with E-state index in [-0.39, 0.29) is 23.7 Å². The second-order valence-corrected chi connectivity index (χ2v) is 10.1. The van der Waals surface area contributed by atoms with Crippen molar-refractivity contribution in [3.63, 3.8) is 0 Å². The molecule has 0 radical (unpaired) electrons. The molecule has 4 N–H and O–H groups in total. The van der Waals surface area contributed by atoms with Crippen LogP contribution in [0.2, 0.25) is 0 Å². The van der Waals surface area contributed by atoms with E-state index in [2.05, 4.69) is 25.5 Å². The highest BCUT2D eigenvalue weighted by molar-refractivity contribution is 5.81. The number of benzene rings is 2. The van der Waals surface area contributed by atoms with Crippen LogP contribution in [0.15, 0.2) is 59.1 Å². The lowest BCUT2D eigenvalue weighted by atomic mass is 9.97. The van der Waals surface area contributed by atoms with Crippen molar-refractivity contribution in [3.05, 3.63) is 77.3 Å². The van der Waals surface area contributed by atoms with Gasteiger partial charge >= 0.3 is 0 Å². The van der Waals surface area contributed by atoms with Crippen LogP contribution < -0.4 is 11.1 Å². The van der Waals surface area contributed by atoms with Gasteiger partial charge in [0.25, 0.3) is 5.89 Å². The van der Waals surface area contributed by atoms with Crippen LogP contribution in [0.5, 0.6) is 0 Å². The maximum absolute atomic E-state index is 11.8. The van der Waals surface area contributed by atoms with E-state index in [4.69, 9.17) is 15.3 Å². The Morgan fingerprint density at radius 1 is 1.11 bits per heavy atom. The number of hydrogen-bond donors (Lipinski definition) is 3. The van der Waals surface area contributed by atoms with Crippen LogP contribution >= 0.6 is 0 Å². The number of rotatable bonds is 5. The van der Waals surface area contributed by atoms with Crippen LogP contribution in [0, 0.1) is 0 Å². The Morgan fingerprint density at radius 3 is 2.53 bits per heavy atom. The lowest BCUT2D eigenvalue weighted by Gasteiger charge is -2.25. The monoisotopic (exact) mass is 515 g/mol. The van der Waals surface area contributed by atoms with E-state index >= 15 is 0 Å². The minimum absolute atomic E-state index is 0.126. The molecule has 5 rings (SSSR count). The normalized spacial score (nSPS) is 13.0. The first kappa shape index (κ1) is 26.7. The van der Waals surface area contributed by atoms with Crippen molar-refractivity contribution in [2.24, 2.45) is 0 Å². The van der Waals surface area contributed by atoms with Gasteiger partial charge in [0, 0.05) is 37.5 Å². The number of nitrogens with two attached hydrogens (primary N) is 1. The second-order valence-electron chi connectivity index (χ2n) is 10.1. The van der Waals surface area contributed by atoms with Crippen molar-refractivity contribution in [2.45, 2.75) is 45.6 Å². The molecule has 0 aliphatic carbocycles. The highest BCUT2D eigenvalue weighted by atomic mass is 16.4. The molecule has 0 saturated heterocycles. The number of likely N-dealkylation sites (N-methyl/N-ethyl adjacent to an activating group) is 1. The summed E-state index contributed by atoms with van der Waals surface area (Å²) in [6, 6.07) is 15.8. The number of nitrogen functional groups attached to an aromatic ring is 1. The van der Waals surface area contributed by atoms with Gasteiger partial charge in [-0.15, -0.1) is 10.2 Å². The third-order valence-corrected chi connectivity index (χ3v) is 6.00. The summed E-state index contributed by atoms with van der Waals surface area (Å²) in [5.74, 6) is 1.55. The van der Waals surface area contributed by atoms with Gasteiger partial charge in [0.05, 0.1) is 12.0 Å². The molecule has 4 aromatic rings. The van der Waals surface area contributed by atoms with Crippen LogP contribution in [0.1, 0.15) is 43.4 Å². The lowest BCUT2D eigenvalue weighted by Crippen LogP contribution is -2.32. The van der Waals surface area contributed by atoms with Gasteiger partial charge in [-0.2, -0.15) is 4.98 Å². The van der Waals surface area contributed by atoms with E-state index in [1.165, 1.54) is 5.56 Å². The molecule has 0 unspecified atom stereocenters. The topological polar surface area (TPSA) is 143 Å². The number of fused-ring (bicyclic) bond motifs is 1. The van der Waals surface area contributed by atoms with Crippen LogP contribution in [0.3, 0.4) is 0 Å². The van der Waals surface area contributed by atoms with E-state index < -0.39 is 0 Å². The number of hydrogen-bond acceptors (Lipinski definition) is 9. The number of aliphatic hydroxyl groups is 1. The molecule has 198 valence electrons. The third kappa shape index (κ3) is 6.51. The number of aromatic nitrogens is 4. The van der Waals surface area contributed by atoms with Gasteiger partial charge < -0.3 is 25.5 Å². The van der Waals surface area contributed by atoms with Crippen molar-refractivity contribution >= 4 is 23.4 Å². The zero-order valence-electron chi connectivity index (χ0n) is 22.1. The van der Waals surface area contributed by atoms with Gasteiger partial charge in [0.2, 0.25) is 17.7 Å². The molecule has 1 aliphatic heterocycles. The van der Waals surface area contributed by atoms with Gasteiger partial charge in [-0.3, -0.25) is 4.79 Å². The zero-order chi connectivity index (χ0) is 27.3. The molecule has 0 fully saturated rings. The molecule has 2 aromatic carbocycles. The summed E-state index contributed by atoms with van der Waals surface area (Å²) < 4.78 is 5.72. The fourth-order valence-electron chi connectivity index (χ4n) is 3.82. The summed E-state index contributed by atoms with van der Waals surface area (Å²) in [6.45, 7) is 6.79. The molecule has 0 saturated carbocycles. The van der Waals surface area contributed by atoms with Crippen LogP contribution in [0.25, 0.3) is 11.5 Å². The number of anilines is 3.